The van der Waals surface area contributed by atoms with Crippen molar-refractivity contribution in [3.8, 4) is 5.75 Å². The first-order valence-electron chi connectivity index (χ1n) is 10.4. The van der Waals surface area contributed by atoms with Crippen LogP contribution in [0.3, 0.4) is 0 Å². The third-order valence-electron chi connectivity index (χ3n) is 4.97. The maximum absolute atomic E-state index is 13.2. The molecule has 1 aromatic heterocycles. The number of hydrogen-bond acceptors (Lipinski definition) is 4. The van der Waals surface area contributed by atoms with E-state index in [0.717, 1.165) is 26.5 Å². The topological polar surface area (TPSA) is 56.5 Å². The fraction of sp³-hybridized carbons (Fsp3) is 0.160. The molecule has 0 saturated heterocycles. The summed E-state index contributed by atoms with van der Waals surface area (Å²) in [6.45, 7) is 2.36. The standard InChI is InChI=1S/C25H20Br2ClN3O2/c1-2-5-24-30-22-10-8-19(27)13-20(22)25(32)31(24)29-14-17-12-18(26)9-11-23(17)33-15-16-6-3-4-7-21(16)28/h3-4,6-14H,2,5,15H2,1H3. The molecule has 8 heteroatoms. The molecule has 0 atom stereocenters. The lowest BCUT2D eigenvalue weighted by Gasteiger charge is -2.12. The van der Waals surface area contributed by atoms with Crippen LogP contribution in [0.1, 0.15) is 30.3 Å². The second kappa shape index (κ2) is 10.6. The Morgan fingerprint density at radius 2 is 1.85 bits per heavy atom. The lowest BCUT2D eigenvalue weighted by molar-refractivity contribution is 0.306. The number of aryl methyl sites for hydroxylation is 1. The molecule has 0 aliphatic carbocycles. The van der Waals surface area contributed by atoms with Crippen molar-refractivity contribution in [1.82, 2.24) is 9.66 Å². The summed E-state index contributed by atoms with van der Waals surface area (Å²) >= 11 is 13.2. The van der Waals surface area contributed by atoms with E-state index in [0.29, 0.717) is 40.5 Å². The quantitative estimate of drug-likeness (QED) is 0.219. The van der Waals surface area contributed by atoms with Crippen molar-refractivity contribution in [1.29, 1.82) is 0 Å². The summed E-state index contributed by atoms with van der Waals surface area (Å²) in [5.41, 5.74) is 2.05. The van der Waals surface area contributed by atoms with Crippen LogP contribution in [0, 0.1) is 0 Å². The minimum atomic E-state index is -0.213. The predicted molar refractivity (Wildman–Crippen MR) is 141 cm³/mol. The molecule has 0 radical (unpaired) electrons. The van der Waals surface area contributed by atoms with E-state index in [1.54, 1.807) is 12.3 Å². The second-order valence-corrected chi connectivity index (χ2v) is 9.60. The Labute approximate surface area is 213 Å². The molecule has 0 N–H and O–H groups in total. The van der Waals surface area contributed by atoms with E-state index >= 15 is 0 Å². The van der Waals surface area contributed by atoms with Crippen molar-refractivity contribution in [2.45, 2.75) is 26.4 Å². The fourth-order valence-corrected chi connectivity index (χ4v) is 4.27. The van der Waals surface area contributed by atoms with Crippen LogP contribution in [-0.4, -0.2) is 15.9 Å². The summed E-state index contributed by atoms with van der Waals surface area (Å²) in [6, 6.07) is 18.7. The Morgan fingerprint density at radius 3 is 2.64 bits per heavy atom. The minimum Gasteiger partial charge on any atom is -0.488 e. The van der Waals surface area contributed by atoms with E-state index in [2.05, 4.69) is 41.9 Å². The molecule has 0 saturated carbocycles. The van der Waals surface area contributed by atoms with E-state index in [1.165, 1.54) is 4.68 Å². The molecule has 4 aromatic rings. The van der Waals surface area contributed by atoms with Crippen LogP contribution in [0.2, 0.25) is 5.02 Å². The smallest absolute Gasteiger partial charge is 0.282 e. The van der Waals surface area contributed by atoms with Crippen LogP contribution in [0.5, 0.6) is 5.75 Å². The van der Waals surface area contributed by atoms with E-state index in [-0.39, 0.29) is 5.56 Å². The molecular weight excluding hydrogens is 570 g/mol. The molecule has 0 fully saturated rings. The highest BCUT2D eigenvalue weighted by Gasteiger charge is 2.11. The van der Waals surface area contributed by atoms with E-state index in [9.17, 15) is 4.79 Å². The number of hydrogen-bond donors (Lipinski definition) is 0. The van der Waals surface area contributed by atoms with Gasteiger partial charge in [-0.3, -0.25) is 4.79 Å². The lowest BCUT2D eigenvalue weighted by Crippen LogP contribution is -2.22. The van der Waals surface area contributed by atoms with Crippen molar-refractivity contribution < 1.29 is 4.74 Å². The third-order valence-corrected chi connectivity index (χ3v) is 6.33. The summed E-state index contributed by atoms with van der Waals surface area (Å²) < 4.78 is 9.09. The van der Waals surface area contributed by atoms with Crippen molar-refractivity contribution in [3.05, 3.63) is 102 Å². The van der Waals surface area contributed by atoms with Crippen LogP contribution in [0.15, 0.2) is 79.5 Å². The predicted octanol–water partition coefficient (Wildman–Crippen LogP) is 6.99. The Balaban J connectivity index is 1.72. The normalized spacial score (nSPS) is 11.4. The van der Waals surface area contributed by atoms with Gasteiger partial charge in [0.05, 0.1) is 17.1 Å². The SMILES string of the molecule is CCCc1nc2ccc(Br)cc2c(=O)n1N=Cc1cc(Br)ccc1OCc1ccccc1Cl. The summed E-state index contributed by atoms with van der Waals surface area (Å²) in [7, 11) is 0. The molecule has 0 aliphatic heterocycles. The van der Waals surface area contributed by atoms with Gasteiger partial charge in [0.25, 0.3) is 5.56 Å². The van der Waals surface area contributed by atoms with Gasteiger partial charge in [0.2, 0.25) is 0 Å². The van der Waals surface area contributed by atoms with Crippen molar-refractivity contribution in [3.63, 3.8) is 0 Å². The van der Waals surface area contributed by atoms with Gasteiger partial charge in [-0.1, -0.05) is 68.6 Å². The summed E-state index contributed by atoms with van der Waals surface area (Å²) in [5, 5.41) is 5.68. The molecule has 33 heavy (non-hydrogen) atoms. The van der Waals surface area contributed by atoms with Crippen molar-refractivity contribution in [2.24, 2.45) is 5.10 Å². The molecule has 0 amide bonds. The van der Waals surface area contributed by atoms with Crippen molar-refractivity contribution in [2.75, 3.05) is 0 Å². The molecule has 1 heterocycles. The Hall–Kier alpha value is -2.48. The highest BCUT2D eigenvalue weighted by Crippen LogP contribution is 2.24. The van der Waals surface area contributed by atoms with Gasteiger partial charge in [-0.2, -0.15) is 9.78 Å². The van der Waals surface area contributed by atoms with Gasteiger partial charge in [-0.05, 0) is 48.9 Å². The fourth-order valence-electron chi connectivity index (χ4n) is 3.34. The highest BCUT2D eigenvalue weighted by molar-refractivity contribution is 9.10. The van der Waals surface area contributed by atoms with Crippen LogP contribution in [-0.2, 0) is 13.0 Å². The number of halogens is 3. The zero-order valence-electron chi connectivity index (χ0n) is 17.8. The number of fused-ring (bicyclic) bond motifs is 1. The Bertz CT molecular complexity index is 1400. The first-order chi connectivity index (χ1) is 16.0. The van der Waals surface area contributed by atoms with E-state index < -0.39 is 0 Å². The summed E-state index contributed by atoms with van der Waals surface area (Å²) in [5.74, 6) is 1.24. The van der Waals surface area contributed by atoms with Crippen molar-refractivity contribution >= 4 is 60.6 Å². The largest absolute Gasteiger partial charge is 0.488 e. The van der Waals surface area contributed by atoms with Crippen LogP contribution in [0.25, 0.3) is 10.9 Å². The molecule has 0 aliphatic rings. The van der Waals surface area contributed by atoms with Gasteiger partial charge in [-0.25, -0.2) is 4.98 Å². The van der Waals surface area contributed by atoms with Gasteiger partial charge >= 0.3 is 0 Å². The third kappa shape index (κ3) is 5.54. The maximum atomic E-state index is 13.2. The van der Waals surface area contributed by atoms with Crippen LogP contribution in [0.4, 0.5) is 0 Å². The molecule has 0 unspecified atom stereocenters. The number of benzene rings is 3. The minimum absolute atomic E-state index is 0.213. The highest BCUT2D eigenvalue weighted by atomic mass is 79.9. The Morgan fingerprint density at radius 1 is 1.09 bits per heavy atom. The Kier molecular flexibility index (Phi) is 7.63. The number of ether oxygens (including phenoxy) is 1. The molecule has 4 rings (SSSR count). The number of rotatable bonds is 7. The van der Waals surface area contributed by atoms with E-state index in [1.807, 2.05) is 61.5 Å². The lowest BCUT2D eigenvalue weighted by atomic mass is 10.2. The number of aromatic nitrogens is 2. The van der Waals surface area contributed by atoms with Gasteiger partial charge in [0, 0.05) is 31.5 Å². The van der Waals surface area contributed by atoms with Gasteiger partial charge in [0.15, 0.2) is 0 Å². The molecule has 5 nitrogen and oxygen atoms in total. The summed E-state index contributed by atoms with van der Waals surface area (Å²) in [4.78, 5) is 17.9. The van der Waals surface area contributed by atoms with Gasteiger partial charge < -0.3 is 4.74 Å². The first kappa shape index (κ1) is 23.7. The number of nitrogens with zero attached hydrogens (tertiary/aromatic N) is 3. The van der Waals surface area contributed by atoms with E-state index in [4.69, 9.17) is 16.3 Å². The monoisotopic (exact) mass is 587 g/mol. The van der Waals surface area contributed by atoms with Gasteiger partial charge in [0.1, 0.15) is 18.2 Å². The zero-order valence-corrected chi connectivity index (χ0v) is 21.7. The van der Waals surface area contributed by atoms with Crippen LogP contribution < -0.4 is 10.3 Å². The molecule has 0 spiro atoms. The second-order valence-electron chi connectivity index (χ2n) is 7.36. The average molecular weight is 590 g/mol. The zero-order chi connectivity index (χ0) is 23.4. The van der Waals surface area contributed by atoms with Gasteiger partial charge in [-0.15, -0.1) is 0 Å². The molecule has 168 valence electrons. The molecule has 3 aromatic carbocycles. The first-order valence-corrected chi connectivity index (χ1v) is 12.3. The maximum Gasteiger partial charge on any atom is 0.282 e. The van der Waals surface area contributed by atoms with Crippen LogP contribution >= 0.6 is 43.5 Å². The summed E-state index contributed by atoms with van der Waals surface area (Å²) in [6.07, 6.45) is 3.10. The average Bonchev–Trinajstić information content (AvgIpc) is 2.80. The molecular formula is C25H20Br2ClN3O2. The molecule has 0 bridgehead atoms.